The molecular weight excluding hydrogens is 271 g/mol. The van der Waals surface area contributed by atoms with Crippen LogP contribution >= 0.6 is 0 Å². The van der Waals surface area contributed by atoms with Crippen molar-refractivity contribution in [2.45, 2.75) is 13.5 Å². The van der Waals surface area contributed by atoms with Crippen LogP contribution in [0.1, 0.15) is 11.1 Å². The lowest BCUT2D eigenvalue weighted by atomic mass is 9.77. The second-order valence-corrected chi connectivity index (χ2v) is 4.47. The van der Waals surface area contributed by atoms with Gasteiger partial charge in [-0.2, -0.15) is 0 Å². The smallest absolute Gasteiger partial charge is 0.489 e. The minimum Gasteiger partial charge on any atom is -0.489 e. The Labute approximate surface area is 114 Å². The first-order valence-electron chi connectivity index (χ1n) is 6.04. The number of ether oxygens (including phenoxy) is 1. The molecule has 1 nitrogen and oxygen atoms in total. The summed E-state index contributed by atoms with van der Waals surface area (Å²) in [5.41, 5.74) is -0.180. The molecule has 0 saturated heterocycles. The molecular formula is C14H12BF4O-. The van der Waals surface area contributed by atoms with Crippen molar-refractivity contribution in [3.63, 3.8) is 0 Å². The van der Waals surface area contributed by atoms with Gasteiger partial charge in [0.15, 0.2) is 0 Å². The standard InChI is InChI=1S/C14H12BF4O/c1-10-8-12(6-7-13(10)15(17,18)19)20-9-11-4-2-3-5-14(11)16/h2-8H,9H2,1H3/q-1. The Morgan fingerprint density at radius 2 is 1.75 bits per heavy atom. The molecule has 0 heterocycles. The van der Waals surface area contributed by atoms with Gasteiger partial charge in [0.05, 0.1) is 0 Å². The van der Waals surface area contributed by atoms with Gasteiger partial charge in [-0.3, -0.25) is 0 Å². The number of benzene rings is 2. The van der Waals surface area contributed by atoms with Crippen molar-refractivity contribution in [3.8, 4) is 5.75 Å². The zero-order chi connectivity index (χ0) is 14.8. The van der Waals surface area contributed by atoms with Crippen LogP contribution in [0.3, 0.4) is 0 Å². The molecule has 0 amide bonds. The normalized spacial score (nSPS) is 11.4. The van der Waals surface area contributed by atoms with Gasteiger partial charge in [-0.05, 0) is 25.1 Å². The molecule has 0 aliphatic rings. The van der Waals surface area contributed by atoms with E-state index < -0.39 is 18.3 Å². The highest BCUT2D eigenvalue weighted by atomic mass is 19.4. The predicted octanol–water partition coefficient (Wildman–Crippen LogP) is 3.77. The zero-order valence-corrected chi connectivity index (χ0v) is 10.7. The highest BCUT2D eigenvalue weighted by Gasteiger charge is 2.27. The van der Waals surface area contributed by atoms with Crippen LogP contribution in [-0.4, -0.2) is 6.98 Å². The lowest BCUT2D eigenvalue weighted by Gasteiger charge is -2.18. The third kappa shape index (κ3) is 3.32. The molecule has 20 heavy (non-hydrogen) atoms. The molecule has 0 fully saturated rings. The molecule has 0 unspecified atom stereocenters. The monoisotopic (exact) mass is 283 g/mol. The summed E-state index contributed by atoms with van der Waals surface area (Å²) in [6, 6.07) is 9.65. The summed E-state index contributed by atoms with van der Waals surface area (Å²) in [7, 11) is 0. The van der Waals surface area contributed by atoms with Gasteiger partial charge in [0.1, 0.15) is 18.2 Å². The molecule has 0 bridgehead atoms. The fraction of sp³-hybridized carbons (Fsp3) is 0.143. The lowest BCUT2D eigenvalue weighted by Crippen LogP contribution is -2.35. The maximum Gasteiger partial charge on any atom is 0.509 e. The first kappa shape index (κ1) is 14.4. The number of aryl methyl sites for hydroxylation is 1. The predicted molar refractivity (Wildman–Crippen MR) is 70.6 cm³/mol. The summed E-state index contributed by atoms with van der Waals surface area (Å²) >= 11 is 0. The molecule has 2 rings (SSSR count). The second-order valence-electron chi connectivity index (χ2n) is 4.47. The molecule has 106 valence electrons. The number of hydrogen-bond donors (Lipinski definition) is 0. The van der Waals surface area contributed by atoms with Gasteiger partial charge in [0.2, 0.25) is 0 Å². The Bertz CT molecular complexity index is 610. The van der Waals surface area contributed by atoms with Crippen LogP contribution in [-0.2, 0) is 6.61 Å². The molecule has 0 N–H and O–H groups in total. The number of halogens is 4. The lowest BCUT2D eigenvalue weighted by molar-refractivity contribution is 0.299. The van der Waals surface area contributed by atoms with Gasteiger partial charge in [-0.1, -0.05) is 29.8 Å². The largest absolute Gasteiger partial charge is 0.509 e. The topological polar surface area (TPSA) is 9.23 Å². The van der Waals surface area contributed by atoms with Gasteiger partial charge in [0.25, 0.3) is 0 Å². The summed E-state index contributed by atoms with van der Waals surface area (Å²) in [6.07, 6.45) is 0. The number of rotatable bonds is 4. The van der Waals surface area contributed by atoms with Crippen molar-refractivity contribution in [1.29, 1.82) is 0 Å². The van der Waals surface area contributed by atoms with Crippen LogP contribution in [0.15, 0.2) is 42.5 Å². The Hall–Kier alpha value is -1.98. The first-order valence-corrected chi connectivity index (χ1v) is 6.04. The first-order chi connectivity index (χ1) is 9.38. The Kier molecular flexibility index (Phi) is 4.02. The van der Waals surface area contributed by atoms with E-state index in [1.54, 1.807) is 18.2 Å². The fourth-order valence-corrected chi connectivity index (χ4v) is 1.88. The van der Waals surface area contributed by atoms with E-state index in [9.17, 15) is 17.3 Å². The third-order valence-electron chi connectivity index (χ3n) is 2.95. The fourth-order valence-electron chi connectivity index (χ4n) is 1.88. The van der Waals surface area contributed by atoms with Crippen molar-refractivity contribution >= 4 is 12.4 Å². The molecule has 0 aromatic heterocycles. The van der Waals surface area contributed by atoms with Gasteiger partial charge in [-0.15, -0.1) is 5.46 Å². The summed E-state index contributed by atoms with van der Waals surface area (Å²) in [6.45, 7) is -3.67. The molecule has 6 heteroatoms. The summed E-state index contributed by atoms with van der Waals surface area (Å²) < 4.78 is 56.7. The zero-order valence-electron chi connectivity index (χ0n) is 10.7. The minimum atomic E-state index is -5.02. The summed E-state index contributed by atoms with van der Waals surface area (Å²) in [5.74, 6) is -0.117. The molecule has 0 spiro atoms. The Balaban J connectivity index is 2.12. The highest BCUT2D eigenvalue weighted by Crippen LogP contribution is 2.19. The van der Waals surface area contributed by atoms with E-state index in [4.69, 9.17) is 4.74 Å². The van der Waals surface area contributed by atoms with Crippen LogP contribution in [0, 0.1) is 12.7 Å². The second kappa shape index (κ2) is 5.57. The van der Waals surface area contributed by atoms with Crippen molar-refractivity contribution in [1.82, 2.24) is 0 Å². The van der Waals surface area contributed by atoms with E-state index in [0.717, 1.165) is 6.07 Å². The van der Waals surface area contributed by atoms with E-state index in [0.29, 0.717) is 5.56 Å². The van der Waals surface area contributed by atoms with Crippen molar-refractivity contribution < 1.29 is 22.1 Å². The molecule has 0 saturated carbocycles. The van der Waals surface area contributed by atoms with Gasteiger partial charge >= 0.3 is 6.98 Å². The third-order valence-corrected chi connectivity index (χ3v) is 2.95. The molecule has 0 radical (unpaired) electrons. The molecule has 0 aliphatic carbocycles. The van der Waals surface area contributed by atoms with E-state index in [1.165, 1.54) is 25.1 Å². The number of hydrogen-bond acceptors (Lipinski definition) is 1. The van der Waals surface area contributed by atoms with Gasteiger partial charge < -0.3 is 17.7 Å². The summed E-state index contributed by atoms with van der Waals surface area (Å²) in [5, 5.41) is 0. The maximum absolute atomic E-state index is 13.4. The minimum absolute atomic E-state index is 0.0252. The van der Waals surface area contributed by atoms with Gasteiger partial charge in [0, 0.05) is 5.56 Å². The highest BCUT2D eigenvalue weighted by molar-refractivity contribution is 6.74. The SMILES string of the molecule is Cc1cc(OCc2ccccc2F)ccc1[B-](F)(F)F. The van der Waals surface area contributed by atoms with E-state index in [1.807, 2.05) is 0 Å². The van der Waals surface area contributed by atoms with E-state index in [2.05, 4.69) is 0 Å². The van der Waals surface area contributed by atoms with Crippen LogP contribution in [0.25, 0.3) is 0 Å². The van der Waals surface area contributed by atoms with Gasteiger partial charge in [-0.25, -0.2) is 4.39 Å². The Morgan fingerprint density at radius 1 is 1.05 bits per heavy atom. The van der Waals surface area contributed by atoms with Crippen LogP contribution < -0.4 is 10.2 Å². The average Bonchev–Trinajstić information content (AvgIpc) is 2.36. The quantitative estimate of drug-likeness (QED) is 0.613. The summed E-state index contributed by atoms with van der Waals surface area (Å²) in [4.78, 5) is 0. The van der Waals surface area contributed by atoms with Crippen molar-refractivity contribution in [3.05, 3.63) is 59.4 Å². The molecule has 0 atom stereocenters. The van der Waals surface area contributed by atoms with E-state index in [-0.39, 0.29) is 17.9 Å². The molecule has 0 aliphatic heterocycles. The molecule has 2 aromatic carbocycles. The van der Waals surface area contributed by atoms with Crippen LogP contribution in [0.2, 0.25) is 0 Å². The average molecular weight is 283 g/mol. The van der Waals surface area contributed by atoms with Crippen molar-refractivity contribution in [2.24, 2.45) is 0 Å². The van der Waals surface area contributed by atoms with Crippen LogP contribution in [0.5, 0.6) is 5.75 Å². The Morgan fingerprint density at radius 3 is 2.35 bits per heavy atom. The van der Waals surface area contributed by atoms with Crippen molar-refractivity contribution in [2.75, 3.05) is 0 Å². The maximum atomic E-state index is 13.4. The molecule has 2 aromatic rings. The van der Waals surface area contributed by atoms with Crippen LogP contribution in [0.4, 0.5) is 17.3 Å². The van der Waals surface area contributed by atoms with E-state index >= 15 is 0 Å².